The lowest BCUT2D eigenvalue weighted by Gasteiger charge is -2.26. The molecule has 2 heterocycles. The monoisotopic (exact) mass is 236 g/mol. The molecule has 0 aromatic carbocycles. The maximum absolute atomic E-state index is 11.6. The van der Waals surface area contributed by atoms with E-state index >= 15 is 0 Å². The molecule has 1 amide bonds. The van der Waals surface area contributed by atoms with E-state index in [2.05, 4.69) is 16.4 Å². The highest BCUT2D eigenvalue weighted by Crippen LogP contribution is 1.95. The van der Waals surface area contributed by atoms with E-state index in [-0.39, 0.29) is 5.91 Å². The highest BCUT2D eigenvalue weighted by molar-refractivity contribution is 5.75. The van der Waals surface area contributed by atoms with Crippen molar-refractivity contribution >= 4 is 5.91 Å². The van der Waals surface area contributed by atoms with Crippen molar-refractivity contribution in [2.45, 2.75) is 6.54 Å². The zero-order chi connectivity index (χ0) is 11.9. The smallest absolute Gasteiger partial charge is 0.239 e. The van der Waals surface area contributed by atoms with Crippen molar-refractivity contribution in [1.29, 1.82) is 0 Å². The third kappa shape index (κ3) is 4.20. The number of hydrogen-bond acceptors (Lipinski definition) is 3. The van der Waals surface area contributed by atoms with Gasteiger partial charge in [0.05, 0.1) is 19.4 Å². The third-order valence-corrected chi connectivity index (χ3v) is 2.77. The summed E-state index contributed by atoms with van der Waals surface area (Å²) >= 11 is 0. The van der Waals surface area contributed by atoms with Gasteiger partial charge in [0.15, 0.2) is 0 Å². The quantitative estimate of drug-likeness (QED) is 0.766. The lowest BCUT2D eigenvalue weighted by molar-refractivity contribution is -0.121. The Hall–Kier alpha value is -1.33. The van der Waals surface area contributed by atoms with Crippen molar-refractivity contribution in [3.05, 3.63) is 24.5 Å². The minimum absolute atomic E-state index is 0.0331. The fourth-order valence-corrected chi connectivity index (χ4v) is 1.82. The van der Waals surface area contributed by atoms with Gasteiger partial charge >= 0.3 is 0 Å². The standard InChI is InChI=1S/C12H18N3O2/c16-12(11-15-4-1-2-5-15)13-3-6-14-7-9-17-10-8-14/h1-2,4H,3,6-11H2,(H,13,16). The molecule has 1 aliphatic rings. The molecular formula is C12H18N3O2. The number of morpholine rings is 1. The molecule has 0 saturated carbocycles. The molecule has 0 aliphatic carbocycles. The van der Waals surface area contributed by atoms with E-state index in [0.717, 1.165) is 32.8 Å². The number of nitrogens with zero attached hydrogens (tertiary/aromatic N) is 2. The molecule has 0 spiro atoms. The fraction of sp³-hybridized carbons (Fsp3) is 0.583. The first-order valence-electron chi connectivity index (χ1n) is 5.94. The Kier molecular flexibility index (Phi) is 4.58. The van der Waals surface area contributed by atoms with Gasteiger partial charge in [-0.25, -0.2) is 0 Å². The second-order valence-corrected chi connectivity index (χ2v) is 4.07. The molecule has 1 N–H and O–H groups in total. The van der Waals surface area contributed by atoms with Gasteiger partial charge in [0, 0.05) is 32.4 Å². The lowest BCUT2D eigenvalue weighted by Crippen LogP contribution is -2.41. The van der Waals surface area contributed by atoms with Crippen LogP contribution < -0.4 is 5.32 Å². The minimum atomic E-state index is 0.0331. The SMILES string of the molecule is O=C(Cn1[c]ccc1)NCCN1CCOCC1. The van der Waals surface area contributed by atoms with Gasteiger partial charge in [0.2, 0.25) is 5.91 Å². The summed E-state index contributed by atoms with van der Waals surface area (Å²) in [6.07, 6.45) is 4.77. The summed E-state index contributed by atoms with van der Waals surface area (Å²) < 4.78 is 7.00. The van der Waals surface area contributed by atoms with Crippen LogP contribution in [-0.4, -0.2) is 54.8 Å². The van der Waals surface area contributed by atoms with Gasteiger partial charge in [0.25, 0.3) is 0 Å². The number of hydrogen-bond donors (Lipinski definition) is 1. The first-order valence-corrected chi connectivity index (χ1v) is 5.94. The molecule has 0 unspecified atom stereocenters. The van der Waals surface area contributed by atoms with Crippen LogP contribution in [0.2, 0.25) is 0 Å². The summed E-state index contributed by atoms with van der Waals surface area (Å²) in [7, 11) is 0. The average molecular weight is 236 g/mol. The van der Waals surface area contributed by atoms with E-state index in [1.165, 1.54) is 0 Å². The Labute approximate surface area is 101 Å². The van der Waals surface area contributed by atoms with Gasteiger partial charge in [-0.1, -0.05) is 0 Å². The number of carbonyl (C=O) groups excluding carboxylic acids is 1. The second kappa shape index (κ2) is 6.42. The van der Waals surface area contributed by atoms with Gasteiger partial charge in [-0.05, 0) is 12.1 Å². The van der Waals surface area contributed by atoms with Gasteiger partial charge in [0.1, 0.15) is 6.54 Å². The number of ether oxygens (including phenoxy) is 1. The number of amides is 1. The summed E-state index contributed by atoms with van der Waals surface area (Å²) in [6, 6.07) is 3.65. The summed E-state index contributed by atoms with van der Waals surface area (Å²) in [5.74, 6) is 0.0331. The highest BCUT2D eigenvalue weighted by atomic mass is 16.5. The zero-order valence-electron chi connectivity index (χ0n) is 9.89. The van der Waals surface area contributed by atoms with Crippen molar-refractivity contribution in [3.63, 3.8) is 0 Å². The normalized spacial score (nSPS) is 16.9. The van der Waals surface area contributed by atoms with Crippen LogP contribution in [0.15, 0.2) is 18.3 Å². The first-order chi connectivity index (χ1) is 8.34. The Morgan fingerprint density at radius 1 is 1.41 bits per heavy atom. The topological polar surface area (TPSA) is 46.5 Å². The Morgan fingerprint density at radius 3 is 2.94 bits per heavy atom. The molecule has 1 saturated heterocycles. The molecule has 1 fully saturated rings. The molecule has 0 bridgehead atoms. The Balaban J connectivity index is 1.59. The minimum Gasteiger partial charge on any atom is -0.379 e. The van der Waals surface area contributed by atoms with Crippen molar-refractivity contribution < 1.29 is 9.53 Å². The molecule has 1 aliphatic heterocycles. The van der Waals surface area contributed by atoms with Crippen LogP contribution in [0.4, 0.5) is 0 Å². The molecule has 2 rings (SSSR count). The average Bonchev–Trinajstić information content (AvgIpc) is 2.83. The van der Waals surface area contributed by atoms with Crippen molar-refractivity contribution in [2.75, 3.05) is 39.4 Å². The first kappa shape index (κ1) is 12.1. The van der Waals surface area contributed by atoms with Gasteiger partial charge in [-0.3, -0.25) is 9.69 Å². The van der Waals surface area contributed by atoms with Crippen molar-refractivity contribution in [2.24, 2.45) is 0 Å². The third-order valence-electron chi connectivity index (χ3n) is 2.77. The molecule has 0 atom stereocenters. The van der Waals surface area contributed by atoms with Crippen LogP contribution >= 0.6 is 0 Å². The molecule has 93 valence electrons. The van der Waals surface area contributed by atoms with Crippen LogP contribution in [0.5, 0.6) is 0 Å². The number of nitrogens with one attached hydrogen (secondary N) is 1. The summed E-state index contributed by atoms with van der Waals surface area (Å²) in [6.45, 7) is 5.45. The van der Waals surface area contributed by atoms with Crippen LogP contribution in [-0.2, 0) is 16.1 Å². The van der Waals surface area contributed by atoms with E-state index in [1.54, 1.807) is 10.6 Å². The van der Waals surface area contributed by atoms with Crippen LogP contribution in [0.25, 0.3) is 0 Å². The molecule has 1 aromatic rings. The predicted molar refractivity (Wildman–Crippen MR) is 63.5 cm³/mol. The van der Waals surface area contributed by atoms with E-state index in [1.807, 2.05) is 12.3 Å². The van der Waals surface area contributed by atoms with Gasteiger partial charge < -0.3 is 14.6 Å². The summed E-state index contributed by atoms with van der Waals surface area (Å²) in [5.41, 5.74) is 0. The fourth-order valence-electron chi connectivity index (χ4n) is 1.82. The largest absolute Gasteiger partial charge is 0.379 e. The van der Waals surface area contributed by atoms with Gasteiger partial charge in [-0.2, -0.15) is 0 Å². The maximum atomic E-state index is 11.6. The van der Waals surface area contributed by atoms with E-state index < -0.39 is 0 Å². The highest BCUT2D eigenvalue weighted by Gasteiger charge is 2.10. The van der Waals surface area contributed by atoms with Gasteiger partial charge in [-0.15, -0.1) is 0 Å². The lowest BCUT2D eigenvalue weighted by atomic mass is 10.4. The van der Waals surface area contributed by atoms with Crippen LogP contribution in [0.3, 0.4) is 0 Å². The molecule has 1 radical (unpaired) electrons. The van der Waals surface area contributed by atoms with E-state index in [4.69, 9.17) is 4.74 Å². The number of carbonyl (C=O) groups is 1. The Bertz CT molecular complexity index is 332. The second-order valence-electron chi connectivity index (χ2n) is 4.07. The predicted octanol–water partition coefficient (Wildman–Crippen LogP) is -0.263. The maximum Gasteiger partial charge on any atom is 0.239 e. The molecule has 1 aromatic heterocycles. The van der Waals surface area contributed by atoms with E-state index in [0.29, 0.717) is 13.1 Å². The number of aromatic nitrogens is 1. The molecule has 17 heavy (non-hydrogen) atoms. The summed E-state index contributed by atoms with van der Waals surface area (Å²) in [5, 5.41) is 2.91. The Morgan fingerprint density at radius 2 is 2.24 bits per heavy atom. The summed E-state index contributed by atoms with van der Waals surface area (Å²) in [4.78, 5) is 13.9. The molecule has 5 nitrogen and oxygen atoms in total. The van der Waals surface area contributed by atoms with Crippen LogP contribution in [0.1, 0.15) is 0 Å². The van der Waals surface area contributed by atoms with Crippen molar-refractivity contribution in [1.82, 2.24) is 14.8 Å². The zero-order valence-corrected chi connectivity index (χ0v) is 9.89. The molecule has 5 heteroatoms. The van der Waals surface area contributed by atoms with E-state index in [9.17, 15) is 4.79 Å². The number of rotatable bonds is 5. The van der Waals surface area contributed by atoms with Crippen LogP contribution in [0, 0.1) is 6.20 Å². The van der Waals surface area contributed by atoms with Crippen molar-refractivity contribution in [3.8, 4) is 0 Å². The molecular weight excluding hydrogens is 218 g/mol.